The first-order chi connectivity index (χ1) is 8.81. The highest BCUT2D eigenvalue weighted by Crippen LogP contribution is 2.14. The third-order valence-corrected chi connectivity index (χ3v) is 3.05. The maximum Gasteiger partial charge on any atom is 0.269 e. The van der Waals surface area contributed by atoms with E-state index < -0.39 is 0 Å². The SMILES string of the molecule is CCNc1ccncc1C(=O)NN1CCCCC1. The summed E-state index contributed by atoms with van der Waals surface area (Å²) in [5, 5.41) is 5.17. The molecule has 1 amide bonds. The lowest BCUT2D eigenvalue weighted by atomic mass is 10.1. The van der Waals surface area contributed by atoms with Crippen LogP contribution < -0.4 is 10.7 Å². The van der Waals surface area contributed by atoms with Crippen LogP contribution in [0, 0.1) is 0 Å². The molecule has 1 aliphatic heterocycles. The van der Waals surface area contributed by atoms with Gasteiger partial charge in [-0.15, -0.1) is 0 Å². The molecule has 0 radical (unpaired) electrons. The number of piperidine rings is 1. The smallest absolute Gasteiger partial charge is 0.269 e. The number of hydrogen-bond donors (Lipinski definition) is 2. The van der Waals surface area contributed by atoms with Gasteiger partial charge in [-0.3, -0.25) is 15.2 Å². The van der Waals surface area contributed by atoms with Gasteiger partial charge in [-0.2, -0.15) is 0 Å². The highest BCUT2D eigenvalue weighted by Gasteiger charge is 2.16. The largest absolute Gasteiger partial charge is 0.385 e. The average Bonchev–Trinajstić information content (AvgIpc) is 2.41. The molecule has 5 heteroatoms. The summed E-state index contributed by atoms with van der Waals surface area (Å²) in [5.74, 6) is -0.0825. The molecule has 5 nitrogen and oxygen atoms in total. The van der Waals surface area contributed by atoms with Crippen LogP contribution in [0.15, 0.2) is 18.5 Å². The molecule has 0 aromatic carbocycles. The van der Waals surface area contributed by atoms with E-state index in [1.807, 2.05) is 18.0 Å². The zero-order valence-corrected chi connectivity index (χ0v) is 10.8. The van der Waals surface area contributed by atoms with Gasteiger partial charge < -0.3 is 5.32 Å². The lowest BCUT2D eigenvalue weighted by Gasteiger charge is -2.27. The molecule has 0 saturated carbocycles. The summed E-state index contributed by atoms with van der Waals surface area (Å²) in [7, 11) is 0. The fourth-order valence-electron chi connectivity index (χ4n) is 2.13. The van der Waals surface area contributed by atoms with Crippen LogP contribution in [0.4, 0.5) is 5.69 Å². The fraction of sp³-hybridized carbons (Fsp3) is 0.538. The molecule has 1 aliphatic rings. The Kier molecular flexibility index (Phi) is 4.52. The molecule has 0 spiro atoms. The van der Waals surface area contributed by atoms with Gasteiger partial charge in [0.1, 0.15) is 0 Å². The topological polar surface area (TPSA) is 57.3 Å². The van der Waals surface area contributed by atoms with Crippen molar-refractivity contribution in [2.24, 2.45) is 0 Å². The number of aromatic nitrogens is 1. The van der Waals surface area contributed by atoms with Crippen molar-refractivity contribution in [3.05, 3.63) is 24.0 Å². The summed E-state index contributed by atoms with van der Waals surface area (Å²) in [4.78, 5) is 16.2. The number of nitrogens with zero attached hydrogens (tertiary/aromatic N) is 2. The lowest BCUT2D eigenvalue weighted by Crippen LogP contribution is -2.45. The van der Waals surface area contributed by atoms with Gasteiger partial charge in [0.05, 0.1) is 11.3 Å². The van der Waals surface area contributed by atoms with Gasteiger partial charge in [-0.05, 0) is 25.8 Å². The molecule has 1 fully saturated rings. The van der Waals surface area contributed by atoms with Gasteiger partial charge in [0, 0.05) is 32.0 Å². The number of carbonyl (C=O) groups is 1. The number of anilines is 1. The fourth-order valence-corrected chi connectivity index (χ4v) is 2.13. The Morgan fingerprint density at radius 1 is 1.39 bits per heavy atom. The van der Waals surface area contributed by atoms with E-state index in [4.69, 9.17) is 0 Å². The number of carbonyl (C=O) groups excluding carboxylic acids is 1. The number of pyridine rings is 1. The van der Waals surface area contributed by atoms with Crippen LogP contribution in [0.5, 0.6) is 0 Å². The molecule has 0 unspecified atom stereocenters. The van der Waals surface area contributed by atoms with Crippen LogP contribution in [0.1, 0.15) is 36.5 Å². The second-order valence-electron chi connectivity index (χ2n) is 4.44. The van der Waals surface area contributed by atoms with E-state index in [0.717, 1.165) is 38.2 Å². The Bertz CT molecular complexity index is 402. The Morgan fingerprint density at radius 3 is 2.89 bits per heavy atom. The van der Waals surface area contributed by atoms with Crippen molar-refractivity contribution in [1.82, 2.24) is 15.4 Å². The maximum atomic E-state index is 12.2. The van der Waals surface area contributed by atoms with E-state index in [2.05, 4.69) is 15.7 Å². The predicted molar refractivity (Wildman–Crippen MR) is 71.3 cm³/mol. The molecule has 2 heterocycles. The highest BCUT2D eigenvalue weighted by atomic mass is 16.2. The van der Waals surface area contributed by atoms with Crippen LogP contribution in [-0.2, 0) is 0 Å². The van der Waals surface area contributed by atoms with E-state index in [0.29, 0.717) is 5.56 Å². The maximum absolute atomic E-state index is 12.2. The monoisotopic (exact) mass is 248 g/mol. The van der Waals surface area contributed by atoms with Crippen LogP contribution in [0.25, 0.3) is 0 Å². The van der Waals surface area contributed by atoms with Crippen LogP contribution in [0.3, 0.4) is 0 Å². The Labute approximate surface area is 108 Å². The molecule has 2 N–H and O–H groups in total. The zero-order valence-electron chi connectivity index (χ0n) is 10.8. The van der Waals surface area contributed by atoms with Crippen molar-refractivity contribution in [2.75, 3.05) is 25.0 Å². The Balaban J connectivity index is 2.03. The number of amides is 1. The highest BCUT2D eigenvalue weighted by molar-refractivity contribution is 5.98. The molecular formula is C13H20N4O. The summed E-state index contributed by atoms with van der Waals surface area (Å²) in [6.45, 7) is 4.66. The minimum atomic E-state index is -0.0825. The molecule has 2 rings (SSSR count). The first-order valence-corrected chi connectivity index (χ1v) is 6.55. The number of hydrazine groups is 1. The third kappa shape index (κ3) is 3.20. The Morgan fingerprint density at radius 2 is 2.17 bits per heavy atom. The molecule has 98 valence electrons. The molecule has 0 aliphatic carbocycles. The van der Waals surface area contributed by atoms with Gasteiger partial charge in [0.15, 0.2) is 0 Å². The van der Waals surface area contributed by atoms with Gasteiger partial charge in [-0.25, -0.2) is 5.01 Å². The van der Waals surface area contributed by atoms with Crippen molar-refractivity contribution in [2.45, 2.75) is 26.2 Å². The second-order valence-corrected chi connectivity index (χ2v) is 4.44. The summed E-state index contributed by atoms with van der Waals surface area (Å²) < 4.78 is 0. The molecule has 18 heavy (non-hydrogen) atoms. The predicted octanol–water partition coefficient (Wildman–Crippen LogP) is 1.64. The number of rotatable bonds is 4. The molecule has 1 aromatic rings. The molecule has 0 atom stereocenters. The van der Waals surface area contributed by atoms with Gasteiger partial charge in [0.2, 0.25) is 0 Å². The number of hydrogen-bond acceptors (Lipinski definition) is 4. The summed E-state index contributed by atoms with van der Waals surface area (Å²) in [5.41, 5.74) is 4.39. The van der Waals surface area contributed by atoms with Crippen molar-refractivity contribution in [3.63, 3.8) is 0 Å². The minimum Gasteiger partial charge on any atom is -0.385 e. The van der Waals surface area contributed by atoms with E-state index in [1.165, 1.54) is 6.42 Å². The molecule has 0 bridgehead atoms. The van der Waals surface area contributed by atoms with Crippen molar-refractivity contribution in [1.29, 1.82) is 0 Å². The minimum absolute atomic E-state index is 0.0825. The van der Waals surface area contributed by atoms with E-state index in [-0.39, 0.29) is 5.91 Å². The van der Waals surface area contributed by atoms with Gasteiger partial charge in [-0.1, -0.05) is 6.42 Å². The summed E-state index contributed by atoms with van der Waals surface area (Å²) in [6.07, 6.45) is 6.84. The zero-order chi connectivity index (χ0) is 12.8. The third-order valence-electron chi connectivity index (χ3n) is 3.05. The molecule has 1 aromatic heterocycles. The van der Waals surface area contributed by atoms with Crippen molar-refractivity contribution in [3.8, 4) is 0 Å². The van der Waals surface area contributed by atoms with Crippen molar-refractivity contribution < 1.29 is 4.79 Å². The quantitative estimate of drug-likeness (QED) is 0.850. The van der Waals surface area contributed by atoms with Gasteiger partial charge in [0.25, 0.3) is 5.91 Å². The normalized spacial score (nSPS) is 16.3. The Hall–Kier alpha value is -1.62. The standard InChI is InChI=1S/C13H20N4O/c1-2-15-12-6-7-14-10-11(12)13(18)16-17-8-4-3-5-9-17/h6-7,10H,2-5,8-9H2,1H3,(H,14,15)(H,16,18). The number of nitrogens with one attached hydrogen (secondary N) is 2. The van der Waals surface area contributed by atoms with Gasteiger partial charge >= 0.3 is 0 Å². The van der Waals surface area contributed by atoms with Crippen LogP contribution in [-0.4, -0.2) is 35.5 Å². The van der Waals surface area contributed by atoms with Crippen LogP contribution in [0.2, 0.25) is 0 Å². The lowest BCUT2D eigenvalue weighted by molar-refractivity contribution is 0.0750. The van der Waals surface area contributed by atoms with Crippen LogP contribution >= 0.6 is 0 Å². The molecule has 1 saturated heterocycles. The van der Waals surface area contributed by atoms with E-state index >= 15 is 0 Å². The average molecular weight is 248 g/mol. The van der Waals surface area contributed by atoms with Crippen molar-refractivity contribution >= 4 is 11.6 Å². The first kappa shape index (κ1) is 12.8. The molecular weight excluding hydrogens is 228 g/mol. The summed E-state index contributed by atoms with van der Waals surface area (Å²) in [6, 6.07) is 1.83. The van der Waals surface area contributed by atoms with E-state index in [9.17, 15) is 4.79 Å². The summed E-state index contributed by atoms with van der Waals surface area (Å²) >= 11 is 0. The van der Waals surface area contributed by atoms with E-state index in [1.54, 1.807) is 12.4 Å². The second kappa shape index (κ2) is 6.35. The first-order valence-electron chi connectivity index (χ1n) is 6.55.